The number of carbonyl (C=O) groups excluding carboxylic acids is 1. The highest BCUT2D eigenvalue weighted by Gasteiger charge is 2.06. The van der Waals surface area contributed by atoms with Crippen LogP contribution in [0.3, 0.4) is 0 Å². The molecule has 7 heteroatoms. The summed E-state index contributed by atoms with van der Waals surface area (Å²) in [7, 11) is 0. The first-order valence-electron chi connectivity index (χ1n) is 7.34. The van der Waals surface area contributed by atoms with Crippen LogP contribution in [0.15, 0.2) is 42.6 Å². The number of ether oxygens (including phenoxy) is 2. The van der Waals surface area contributed by atoms with Crippen LogP contribution in [0.5, 0.6) is 17.4 Å². The Hall–Kier alpha value is -2.73. The second-order valence-corrected chi connectivity index (χ2v) is 5.11. The second kappa shape index (κ2) is 8.79. The highest BCUT2D eigenvalue weighted by Crippen LogP contribution is 2.31. The first-order chi connectivity index (χ1) is 11.6. The molecule has 0 aliphatic carbocycles. The van der Waals surface area contributed by atoms with Crippen molar-refractivity contribution in [1.82, 2.24) is 10.3 Å². The zero-order chi connectivity index (χ0) is 17.4. The van der Waals surface area contributed by atoms with Crippen molar-refractivity contribution in [2.45, 2.75) is 6.92 Å². The lowest BCUT2D eigenvalue weighted by Crippen LogP contribution is -2.29. The quantitative estimate of drug-likeness (QED) is 0.801. The Morgan fingerprint density at radius 1 is 1.38 bits per heavy atom. The van der Waals surface area contributed by atoms with Crippen LogP contribution >= 0.6 is 11.6 Å². The van der Waals surface area contributed by atoms with Crippen LogP contribution in [0, 0.1) is 0 Å². The molecule has 2 amide bonds. The molecule has 0 spiro atoms. The molecule has 2 aromatic rings. The van der Waals surface area contributed by atoms with Crippen LogP contribution in [-0.2, 0) is 0 Å². The smallest absolute Gasteiger partial charge is 0.312 e. The zero-order valence-electron chi connectivity index (χ0n) is 13.2. The van der Waals surface area contributed by atoms with Gasteiger partial charge in [-0.25, -0.2) is 9.78 Å². The van der Waals surface area contributed by atoms with Crippen molar-refractivity contribution < 1.29 is 14.3 Å². The highest BCUT2D eigenvalue weighted by molar-refractivity contribution is 6.32. The fourth-order valence-electron chi connectivity index (χ4n) is 1.84. The number of hydrogen-bond donors (Lipinski definition) is 2. The van der Waals surface area contributed by atoms with Gasteiger partial charge in [0, 0.05) is 24.9 Å². The van der Waals surface area contributed by atoms with Crippen LogP contribution in [0.4, 0.5) is 4.79 Å². The standard InChI is InChI=1S/C17H18ClN3O3/c1-2-23-13-6-7-15(14(18)10-13)24-16-8-5-12(11-21-16)4-3-9-20-17(19)22/h3-8,10-11H,2,9H2,1H3,(H3,19,20,22)/b4-3+. The molecular formula is C17H18ClN3O3. The van der Waals surface area contributed by atoms with Crippen molar-refractivity contribution in [3.8, 4) is 17.4 Å². The number of carbonyl (C=O) groups is 1. The van der Waals surface area contributed by atoms with E-state index in [-0.39, 0.29) is 0 Å². The molecule has 2 rings (SSSR count). The Morgan fingerprint density at radius 3 is 2.83 bits per heavy atom. The Labute approximate surface area is 145 Å². The maximum absolute atomic E-state index is 10.5. The molecular weight excluding hydrogens is 330 g/mol. The average molecular weight is 348 g/mol. The van der Waals surface area contributed by atoms with E-state index in [0.717, 1.165) is 5.56 Å². The lowest BCUT2D eigenvalue weighted by atomic mass is 10.2. The number of halogens is 1. The molecule has 0 aliphatic rings. The van der Waals surface area contributed by atoms with Crippen LogP contribution < -0.4 is 20.5 Å². The molecule has 0 aliphatic heterocycles. The van der Waals surface area contributed by atoms with Crippen molar-refractivity contribution in [3.05, 3.63) is 53.2 Å². The second-order valence-electron chi connectivity index (χ2n) is 4.70. The predicted octanol–water partition coefficient (Wildman–Crippen LogP) is 3.61. The van der Waals surface area contributed by atoms with Gasteiger partial charge in [0.05, 0.1) is 11.6 Å². The average Bonchev–Trinajstić information content (AvgIpc) is 2.56. The minimum absolute atomic E-state index is 0.357. The molecule has 0 unspecified atom stereocenters. The van der Waals surface area contributed by atoms with Crippen LogP contribution in [0.25, 0.3) is 6.08 Å². The third-order valence-electron chi connectivity index (χ3n) is 2.89. The molecule has 1 aromatic carbocycles. The van der Waals surface area contributed by atoms with Gasteiger partial charge < -0.3 is 20.5 Å². The minimum atomic E-state index is -0.561. The van der Waals surface area contributed by atoms with Crippen molar-refractivity contribution in [2.75, 3.05) is 13.2 Å². The number of nitrogens with zero attached hydrogens (tertiary/aromatic N) is 1. The molecule has 0 bridgehead atoms. The third-order valence-corrected chi connectivity index (χ3v) is 3.19. The molecule has 1 aromatic heterocycles. The van der Waals surface area contributed by atoms with E-state index >= 15 is 0 Å². The molecule has 0 saturated heterocycles. The maximum atomic E-state index is 10.5. The molecule has 126 valence electrons. The van der Waals surface area contributed by atoms with Crippen molar-refractivity contribution in [3.63, 3.8) is 0 Å². The Bertz CT molecular complexity index is 718. The zero-order valence-corrected chi connectivity index (χ0v) is 13.9. The van der Waals surface area contributed by atoms with E-state index in [1.807, 2.05) is 19.1 Å². The van der Waals surface area contributed by atoms with Gasteiger partial charge in [0.15, 0.2) is 0 Å². The van der Waals surface area contributed by atoms with Gasteiger partial charge >= 0.3 is 6.03 Å². The molecule has 24 heavy (non-hydrogen) atoms. The van der Waals surface area contributed by atoms with Gasteiger partial charge in [0.25, 0.3) is 0 Å². The largest absolute Gasteiger partial charge is 0.494 e. The number of benzene rings is 1. The molecule has 0 atom stereocenters. The van der Waals surface area contributed by atoms with E-state index in [0.29, 0.717) is 35.6 Å². The summed E-state index contributed by atoms with van der Waals surface area (Å²) in [5.74, 6) is 1.61. The Kier molecular flexibility index (Phi) is 6.45. The molecule has 0 saturated carbocycles. The van der Waals surface area contributed by atoms with Gasteiger partial charge in [-0.05, 0) is 30.7 Å². The van der Waals surface area contributed by atoms with E-state index < -0.39 is 6.03 Å². The summed E-state index contributed by atoms with van der Waals surface area (Å²) in [6.07, 6.45) is 5.24. The molecule has 1 heterocycles. The normalized spacial score (nSPS) is 10.6. The number of pyridine rings is 1. The fraction of sp³-hybridized carbons (Fsp3) is 0.176. The number of nitrogens with one attached hydrogen (secondary N) is 1. The SMILES string of the molecule is CCOc1ccc(Oc2ccc(/C=C/CNC(N)=O)cn2)c(Cl)c1. The van der Waals surface area contributed by atoms with Gasteiger partial charge in [-0.3, -0.25) is 0 Å². The van der Waals surface area contributed by atoms with Crippen LogP contribution in [0.1, 0.15) is 12.5 Å². The summed E-state index contributed by atoms with van der Waals surface area (Å²) >= 11 is 6.17. The topological polar surface area (TPSA) is 86.5 Å². The lowest BCUT2D eigenvalue weighted by Gasteiger charge is -2.09. The number of nitrogens with two attached hydrogens (primary N) is 1. The van der Waals surface area contributed by atoms with Gasteiger partial charge in [-0.1, -0.05) is 23.8 Å². The molecule has 3 N–H and O–H groups in total. The highest BCUT2D eigenvalue weighted by atomic mass is 35.5. The minimum Gasteiger partial charge on any atom is -0.494 e. The Morgan fingerprint density at radius 2 is 2.21 bits per heavy atom. The van der Waals surface area contributed by atoms with Crippen molar-refractivity contribution in [2.24, 2.45) is 5.73 Å². The van der Waals surface area contributed by atoms with E-state index in [4.69, 9.17) is 26.8 Å². The summed E-state index contributed by atoms with van der Waals surface area (Å²) in [4.78, 5) is 14.8. The molecule has 0 radical (unpaired) electrons. The fourth-order valence-corrected chi connectivity index (χ4v) is 2.05. The van der Waals surface area contributed by atoms with E-state index in [2.05, 4.69) is 10.3 Å². The van der Waals surface area contributed by atoms with E-state index in [1.165, 1.54) is 0 Å². The number of amides is 2. The van der Waals surface area contributed by atoms with E-state index in [1.54, 1.807) is 36.5 Å². The van der Waals surface area contributed by atoms with Crippen LogP contribution in [-0.4, -0.2) is 24.2 Å². The first kappa shape index (κ1) is 17.6. The van der Waals surface area contributed by atoms with Gasteiger partial charge in [-0.15, -0.1) is 0 Å². The van der Waals surface area contributed by atoms with E-state index in [9.17, 15) is 4.79 Å². The van der Waals surface area contributed by atoms with Crippen molar-refractivity contribution in [1.29, 1.82) is 0 Å². The maximum Gasteiger partial charge on any atom is 0.312 e. The summed E-state index contributed by atoms with van der Waals surface area (Å²) in [6.45, 7) is 2.83. The molecule has 0 fully saturated rings. The summed E-state index contributed by atoms with van der Waals surface area (Å²) in [5, 5.41) is 2.91. The number of hydrogen-bond acceptors (Lipinski definition) is 4. The first-order valence-corrected chi connectivity index (χ1v) is 7.72. The van der Waals surface area contributed by atoms with Gasteiger partial charge in [0.2, 0.25) is 5.88 Å². The number of aromatic nitrogens is 1. The number of rotatable bonds is 7. The third kappa shape index (κ3) is 5.48. The van der Waals surface area contributed by atoms with Gasteiger partial charge in [-0.2, -0.15) is 0 Å². The lowest BCUT2D eigenvalue weighted by molar-refractivity contribution is 0.250. The van der Waals surface area contributed by atoms with Crippen molar-refractivity contribution >= 4 is 23.7 Å². The summed E-state index contributed by atoms with van der Waals surface area (Å²) in [5.41, 5.74) is 5.84. The molecule has 6 nitrogen and oxygen atoms in total. The Balaban J connectivity index is 1.97. The predicted molar refractivity (Wildman–Crippen MR) is 93.6 cm³/mol. The summed E-state index contributed by atoms with van der Waals surface area (Å²) in [6, 6.07) is 8.23. The van der Waals surface area contributed by atoms with Gasteiger partial charge in [0.1, 0.15) is 11.5 Å². The monoisotopic (exact) mass is 347 g/mol. The summed E-state index contributed by atoms with van der Waals surface area (Å²) < 4.78 is 11.0. The number of primary amides is 1. The van der Waals surface area contributed by atoms with Crippen LogP contribution in [0.2, 0.25) is 5.02 Å². The number of urea groups is 1.